The van der Waals surface area contributed by atoms with Crippen LogP contribution in [0.4, 0.5) is 0 Å². The summed E-state index contributed by atoms with van der Waals surface area (Å²) in [5.74, 6) is 0.177. The second-order valence-electron chi connectivity index (χ2n) is 3.06. The Morgan fingerprint density at radius 3 is 2.46 bits per heavy atom. The van der Waals surface area contributed by atoms with E-state index in [0.717, 1.165) is 6.42 Å². The molecule has 0 rings (SSSR count). The van der Waals surface area contributed by atoms with Gasteiger partial charge in [-0.3, -0.25) is 0 Å². The first-order valence-electron chi connectivity index (χ1n) is 4.42. The first-order chi connectivity index (χ1) is 5.99. The molecule has 0 aromatic heterocycles. The van der Waals surface area contributed by atoms with E-state index in [4.69, 9.17) is 4.74 Å². The summed E-state index contributed by atoms with van der Waals surface area (Å²) < 4.78 is 27.1. The highest BCUT2D eigenvalue weighted by molar-refractivity contribution is 7.90. The van der Waals surface area contributed by atoms with Crippen LogP contribution >= 0.6 is 0 Å². The molecule has 1 atom stereocenters. The lowest BCUT2D eigenvalue weighted by Crippen LogP contribution is -2.33. The van der Waals surface area contributed by atoms with E-state index < -0.39 is 9.84 Å². The molecule has 13 heavy (non-hydrogen) atoms. The van der Waals surface area contributed by atoms with Crippen LogP contribution in [-0.4, -0.2) is 46.7 Å². The van der Waals surface area contributed by atoms with Gasteiger partial charge in [-0.25, -0.2) is 8.42 Å². The van der Waals surface area contributed by atoms with E-state index in [1.54, 1.807) is 7.05 Å². The van der Waals surface area contributed by atoms with Crippen LogP contribution in [0.25, 0.3) is 0 Å². The third-order valence-electron chi connectivity index (χ3n) is 1.73. The van der Waals surface area contributed by atoms with Crippen LogP contribution in [0.3, 0.4) is 0 Å². The Labute approximate surface area is 80.6 Å². The third-order valence-corrected chi connectivity index (χ3v) is 2.73. The molecule has 0 fully saturated rings. The Morgan fingerprint density at radius 1 is 1.46 bits per heavy atom. The highest BCUT2D eigenvalue weighted by Crippen LogP contribution is 1.96. The smallest absolute Gasteiger partial charge is 0.148 e. The van der Waals surface area contributed by atoms with E-state index in [1.165, 1.54) is 6.26 Å². The summed E-state index contributed by atoms with van der Waals surface area (Å²) in [5.41, 5.74) is 0. The molecule has 0 aliphatic carbocycles. The van der Waals surface area contributed by atoms with E-state index >= 15 is 0 Å². The van der Waals surface area contributed by atoms with Crippen molar-refractivity contribution in [3.05, 3.63) is 0 Å². The van der Waals surface area contributed by atoms with Gasteiger partial charge in [-0.05, 0) is 20.4 Å². The quantitative estimate of drug-likeness (QED) is 0.602. The predicted octanol–water partition coefficient (Wildman–Crippen LogP) is 0.0456. The number of sulfone groups is 1. The molecule has 0 saturated heterocycles. The summed E-state index contributed by atoms with van der Waals surface area (Å²) in [6, 6.07) is 0.00144. The number of hydrogen-bond donors (Lipinski definition) is 1. The van der Waals surface area contributed by atoms with Gasteiger partial charge in [0, 0.05) is 25.5 Å². The van der Waals surface area contributed by atoms with Crippen molar-refractivity contribution in [2.75, 3.05) is 32.3 Å². The van der Waals surface area contributed by atoms with Crippen molar-refractivity contribution in [3.63, 3.8) is 0 Å². The van der Waals surface area contributed by atoms with Gasteiger partial charge in [-0.2, -0.15) is 0 Å². The second-order valence-corrected chi connectivity index (χ2v) is 5.25. The Kier molecular flexibility index (Phi) is 6.28. The number of nitrogens with one attached hydrogen (secondary N) is 1. The number of rotatable bonds is 7. The molecular formula is C8H19NO3S. The molecule has 0 aromatic carbocycles. The average Bonchev–Trinajstić information content (AvgIpc) is 2.01. The van der Waals surface area contributed by atoms with Gasteiger partial charge < -0.3 is 10.1 Å². The third kappa shape index (κ3) is 8.21. The fraction of sp³-hybridized carbons (Fsp3) is 1.00. The van der Waals surface area contributed by atoms with Gasteiger partial charge in [0.05, 0.1) is 5.75 Å². The van der Waals surface area contributed by atoms with E-state index in [2.05, 4.69) is 5.32 Å². The summed E-state index contributed by atoms with van der Waals surface area (Å²) in [4.78, 5) is 0. The van der Waals surface area contributed by atoms with E-state index in [1.807, 2.05) is 6.92 Å². The molecule has 0 amide bonds. The molecule has 0 heterocycles. The summed E-state index contributed by atoms with van der Waals surface area (Å²) in [7, 11) is -1.12. The van der Waals surface area contributed by atoms with Gasteiger partial charge in [-0.1, -0.05) is 0 Å². The Bertz CT molecular complexity index is 213. The summed E-state index contributed by atoms with van der Waals surface area (Å²) >= 11 is 0. The lowest BCUT2D eigenvalue weighted by molar-refractivity contribution is 0.139. The highest BCUT2D eigenvalue weighted by Gasteiger charge is 2.12. The maximum atomic E-state index is 11.0. The lowest BCUT2D eigenvalue weighted by atomic mass is 10.2. The van der Waals surface area contributed by atoms with Crippen LogP contribution in [0.2, 0.25) is 0 Å². The predicted molar refractivity (Wildman–Crippen MR) is 53.7 cm³/mol. The number of ether oxygens (including phenoxy) is 1. The zero-order chi connectivity index (χ0) is 10.3. The normalized spacial score (nSPS) is 14.4. The van der Waals surface area contributed by atoms with Crippen molar-refractivity contribution < 1.29 is 13.2 Å². The van der Waals surface area contributed by atoms with Gasteiger partial charge in [0.2, 0.25) is 0 Å². The van der Waals surface area contributed by atoms with Gasteiger partial charge in [0.1, 0.15) is 9.84 Å². The minimum absolute atomic E-state index is 0.00144. The Morgan fingerprint density at radius 2 is 2.08 bits per heavy atom. The topological polar surface area (TPSA) is 55.4 Å². The van der Waals surface area contributed by atoms with Crippen LogP contribution in [-0.2, 0) is 14.6 Å². The molecule has 0 aromatic rings. The van der Waals surface area contributed by atoms with Crippen molar-refractivity contribution in [2.24, 2.45) is 0 Å². The highest BCUT2D eigenvalue weighted by atomic mass is 32.2. The lowest BCUT2D eigenvalue weighted by Gasteiger charge is -2.14. The molecule has 0 aliphatic heterocycles. The fourth-order valence-electron chi connectivity index (χ4n) is 1.05. The fourth-order valence-corrected chi connectivity index (χ4v) is 2.11. The standard InChI is InChI=1S/C8H19NO3S/c1-4-12-6-5-8(9-2)7-13(3,10)11/h8-9H,4-7H2,1-3H3. The van der Waals surface area contributed by atoms with Gasteiger partial charge >= 0.3 is 0 Å². The molecule has 5 heteroatoms. The van der Waals surface area contributed by atoms with Crippen LogP contribution < -0.4 is 5.32 Å². The largest absolute Gasteiger partial charge is 0.382 e. The average molecular weight is 209 g/mol. The van der Waals surface area contributed by atoms with Crippen LogP contribution in [0.1, 0.15) is 13.3 Å². The molecule has 80 valence electrons. The van der Waals surface area contributed by atoms with Crippen LogP contribution in [0.15, 0.2) is 0 Å². The van der Waals surface area contributed by atoms with E-state index in [0.29, 0.717) is 13.2 Å². The van der Waals surface area contributed by atoms with Crippen LogP contribution in [0, 0.1) is 0 Å². The Balaban J connectivity index is 3.77. The number of hydrogen-bond acceptors (Lipinski definition) is 4. The second kappa shape index (κ2) is 6.34. The monoisotopic (exact) mass is 209 g/mol. The van der Waals surface area contributed by atoms with E-state index in [9.17, 15) is 8.42 Å². The molecule has 4 nitrogen and oxygen atoms in total. The molecule has 1 N–H and O–H groups in total. The maximum Gasteiger partial charge on any atom is 0.148 e. The molecule has 0 radical (unpaired) electrons. The van der Waals surface area contributed by atoms with Crippen molar-refractivity contribution in [1.82, 2.24) is 5.32 Å². The van der Waals surface area contributed by atoms with Crippen molar-refractivity contribution in [3.8, 4) is 0 Å². The minimum Gasteiger partial charge on any atom is -0.382 e. The maximum absolute atomic E-state index is 11.0. The minimum atomic E-state index is -2.89. The van der Waals surface area contributed by atoms with Crippen LogP contribution in [0.5, 0.6) is 0 Å². The first kappa shape index (κ1) is 12.9. The van der Waals surface area contributed by atoms with Gasteiger partial charge in [-0.15, -0.1) is 0 Å². The van der Waals surface area contributed by atoms with Gasteiger partial charge in [0.15, 0.2) is 0 Å². The molecule has 0 aliphatic rings. The molecule has 0 saturated carbocycles. The zero-order valence-corrected chi connectivity index (χ0v) is 9.36. The summed E-state index contributed by atoms with van der Waals surface area (Å²) in [6.45, 7) is 3.21. The van der Waals surface area contributed by atoms with E-state index in [-0.39, 0.29) is 11.8 Å². The molecule has 1 unspecified atom stereocenters. The summed E-state index contributed by atoms with van der Waals surface area (Å²) in [6.07, 6.45) is 1.98. The van der Waals surface area contributed by atoms with Crippen molar-refractivity contribution >= 4 is 9.84 Å². The van der Waals surface area contributed by atoms with Gasteiger partial charge in [0.25, 0.3) is 0 Å². The van der Waals surface area contributed by atoms with Crippen molar-refractivity contribution in [1.29, 1.82) is 0 Å². The molecular weight excluding hydrogens is 190 g/mol. The molecule has 0 spiro atoms. The summed E-state index contributed by atoms with van der Waals surface area (Å²) in [5, 5.41) is 2.96. The SMILES string of the molecule is CCOCCC(CS(C)(=O)=O)NC. The Hall–Kier alpha value is -0.130. The van der Waals surface area contributed by atoms with Crippen molar-refractivity contribution in [2.45, 2.75) is 19.4 Å². The zero-order valence-electron chi connectivity index (χ0n) is 8.54. The first-order valence-corrected chi connectivity index (χ1v) is 6.48. The molecule has 0 bridgehead atoms.